The van der Waals surface area contributed by atoms with Crippen molar-refractivity contribution in [2.45, 2.75) is 32.4 Å². The van der Waals surface area contributed by atoms with Crippen LogP contribution in [-0.2, 0) is 6.54 Å². The van der Waals surface area contributed by atoms with Gasteiger partial charge in [0.05, 0.1) is 16.8 Å². The van der Waals surface area contributed by atoms with Gasteiger partial charge in [0.15, 0.2) is 0 Å². The standard InChI is InChI=1S/C13H16N2OS/c1-2-16-10-5-6-11-12(7-10)17-13(15-11)8-14-9-3-4-9/h5-7,9,14H,2-4,8H2,1H3. The molecule has 0 amide bonds. The average Bonchev–Trinajstić information content (AvgIpc) is 3.06. The first kappa shape index (κ1) is 11.0. The number of aromatic nitrogens is 1. The maximum absolute atomic E-state index is 5.49. The summed E-state index contributed by atoms with van der Waals surface area (Å²) >= 11 is 1.75. The van der Waals surface area contributed by atoms with E-state index in [1.807, 2.05) is 19.1 Å². The molecule has 1 aromatic carbocycles. The number of rotatable bonds is 5. The number of thiazole rings is 1. The Morgan fingerprint density at radius 2 is 2.35 bits per heavy atom. The summed E-state index contributed by atoms with van der Waals surface area (Å²) in [5.74, 6) is 0.936. The van der Waals surface area contributed by atoms with Gasteiger partial charge in [-0.25, -0.2) is 4.98 Å². The van der Waals surface area contributed by atoms with Gasteiger partial charge in [-0.2, -0.15) is 0 Å². The van der Waals surface area contributed by atoms with Crippen molar-refractivity contribution in [1.29, 1.82) is 0 Å². The van der Waals surface area contributed by atoms with Gasteiger partial charge in [0.2, 0.25) is 0 Å². The van der Waals surface area contributed by atoms with Crippen LogP contribution in [0.3, 0.4) is 0 Å². The maximum atomic E-state index is 5.49. The topological polar surface area (TPSA) is 34.1 Å². The molecule has 1 heterocycles. The molecule has 0 radical (unpaired) electrons. The van der Waals surface area contributed by atoms with Crippen LogP contribution in [0.1, 0.15) is 24.8 Å². The number of hydrogen-bond donors (Lipinski definition) is 1. The molecule has 1 aliphatic rings. The molecule has 3 nitrogen and oxygen atoms in total. The Morgan fingerprint density at radius 3 is 3.12 bits per heavy atom. The van der Waals surface area contributed by atoms with E-state index < -0.39 is 0 Å². The van der Waals surface area contributed by atoms with Crippen LogP contribution in [0, 0.1) is 0 Å². The minimum absolute atomic E-state index is 0.709. The molecular weight excluding hydrogens is 232 g/mol. The van der Waals surface area contributed by atoms with E-state index in [1.54, 1.807) is 11.3 Å². The lowest BCUT2D eigenvalue weighted by molar-refractivity contribution is 0.341. The molecule has 0 aliphatic heterocycles. The van der Waals surface area contributed by atoms with Crippen LogP contribution in [0.4, 0.5) is 0 Å². The third kappa shape index (κ3) is 2.58. The minimum Gasteiger partial charge on any atom is -0.494 e. The highest BCUT2D eigenvalue weighted by molar-refractivity contribution is 7.18. The molecule has 1 saturated carbocycles. The first-order valence-electron chi connectivity index (χ1n) is 6.11. The van der Waals surface area contributed by atoms with E-state index in [4.69, 9.17) is 4.74 Å². The highest BCUT2D eigenvalue weighted by Crippen LogP contribution is 2.27. The molecule has 1 aliphatic carbocycles. The van der Waals surface area contributed by atoms with E-state index >= 15 is 0 Å². The van der Waals surface area contributed by atoms with Crippen molar-refractivity contribution in [3.05, 3.63) is 23.2 Å². The molecule has 90 valence electrons. The molecule has 0 saturated heterocycles. The van der Waals surface area contributed by atoms with Crippen molar-refractivity contribution in [3.8, 4) is 5.75 Å². The molecule has 17 heavy (non-hydrogen) atoms. The highest BCUT2D eigenvalue weighted by Gasteiger charge is 2.20. The number of ether oxygens (including phenoxy) is 1. The number of nitrogens with zero attached hydrogens (tertiary/aromatic N) is 1. The minimum atomic E-state index is 0.709. The third-order valence-electron chi connectivity index (χ3n) is 2.83. The fraction of sp³-hybridized carbons (Fsp3) is 0.462. The zero-order valence-corrected chi connectivity index (χ0v) is 10.7. The fourth-order valence-electron chi connectivity index (χ4n) is 1.80. The SMILES string of the molecule is CCOc1ccc2nc(CNC3CC3)sc2c1. The van der Waals surface area contributed by atoms with Gasteiger partial charge in [0, 0.05) is 12.6 Å². The Labute approximate surface area is 105 Å². The molecule has 1 aromatic heterocycles. The van der Waals surface area contributed by atoms with Crippen LogP contribution in [0.25, 0.3) is 10.2 Å². The predicted molar refractivity (Wildman–Crippen MR) is 70.7 cm³/mol. The van der Waals surface area contributed by atoms with Crippen molar-refractivity contribution >= 4 is 21.6 Å². The van der Waals surface area contributed by atoms with Crippen molar-refractivity contribution in [2.75, 3.05) is 6.61 Å². The monoisotopic (exact) mass is 248 g/mol. The zero-order valence-electron chi connectivity index (χ0n) is 9.90. The fourth-order valence-corrected chi connectivity index (χ4v) is 2.75. The van der Waals surface area contributed by atoms with Gasteiger partial charge in [0.1, 0.15) is 10.8 Å². The number of benzene rings is 1. The van der Waals surface area contributed by atoms with Crippen LogP contribution in [-0.4, -0.2) is 17.6 Å². The van der Waals surface area contributed by atoms with E-state index in [0.29, 0.717) is 6.61 Å². The lowest BCUT2D eigenvalue weighted by Gasteiger charge is -2.00. The molecule has 1 fully saturated rings. The molecule has 1 N–H and O–H groups in total. The van der Waals surface area contributed by atoms with E-state index in [1.165, 1.54) is 22.5 Å². The molecule has 0 spiro atoms. The highest BCUT2D eigenvalue weighted by atomic mass is 32.1. The summed E-state index contributed by atoms with van der Waals surface area (Å²) in [5, 5.41) is 4.66. The second-order valence-corrected chi connectivity index (χ2v) is 5.44. The van der Waals surface area contributed by atoms with E-state index in [9.17, 15) is 0 Å². The molecule has 2 aromatic rings. The van der Waals surface area contributed by atoms with Gasteiger partial charge in [0.25, 0.3) is 0 Å². The van der Waals surface area contributed by atoms with Gasteiger partial charge in [-0.3, -0.25) is 0 Å². The average molecular weight is 248 g/mol. The van der Waals surface area contributed by atoms with Crippen molar-refractivity contribution in [2.24, 2.45) is 0 Å². The summed E-state index contributed by atoms with van der Waals surface area (Å²) in [7, 11) is 0. The largest absolute Gasteiger partial charge is 0.494 e. The van der Waals surface area contributed by atoms with Gasteiger partial charge < -0.3 is 10.1 Å². The summed E-state index contributed by atoms with van der Waals surface area (Å²) in [6.07, 6.45) is 2.64. The van der Waals surface area contributed by atoms with Crippen LogP contribution in [0.5, 0.6) is 5.75 Å². The first-order valence-corrected chi connectivity index (χ1v) is 6.92. The van der Waals surface area contributed by atoms with Gasteiger partial charge in [-0.15, -0.1) is 11.3 Å². The molecule has 0 bridgehead atoms. The van der Waals surface area contributed by atoms with E-state index in [0.717, 1.165) is 23.9 Å². The molecule has 0 atom stereocenters. The summed E-state index contributed by atoms with van der Waals surface area (Å²) in [5.41, 5.74) is 1.08. The molecule has 0 unspecified atom stereocenters. The Balaban J connectivity index is 1.78. The summed E-state index contributed by atoms with van der Waals surface area (Å²) in [4.78, 5) is 4.61. The Morgan fingerprint density at radius 1 is 1.47 bits per heavy atom. The van der Waals surface area contributed by atoms with Crippen molar-refractivity contribution in [3.63, 3.8) is 0 Å². The lowest BCUT2D eigenvalue weighted by atomic mass is 10.3. The van der Waals surface area contributed by atoms with E-state index in [2.05, 4.69) is 16.4 Å². The maximum Gasteiger partial charge on any atom is 0.120 e. The number of nitrogens with one attached hydrogen (secondary N) is 1. The van der Waals surface area contributed by atoms with Crippen molar-refractivity contribution in [1.82, 2.24) is 10.3 Å². The first-order chi connectivity index (χ1) is 8.35. The third-order valence-corrected chi connectivity index (χ3v) is 3.85. The Bertz CT molecular complexity index is 519. The van der Waals surface area contributed by atoms with E-state index in [-0.39, 0.29) is 0 Å². The van der Waals surface area contributed by atoms with Gasteiger partial charge in [-0.05, 0) is 38.0 Å². The quantitative estimate of drug-likeness (QED) is 0.883. The second kappa shape index (κ2) is 4.63. The molecule has 4 heteroatoms. The normalized spacial score (nSPS) is 15.4. The lowest BCUT2D eigenvalue weighted by Crippen LogP contribution is -2.14. The van der Waals surface area contributed by atoms with Gasteiger partial charge in [-0.1, -0.05) is 0 Å². The summed E-state index contributed by atoms with van der Waals surface area (Å²) in [6, 6.07) is 6.85. The summed E-state index contributed by atoms with van der Waals surface area (Å²) < 4.78 is 6.71. The number of hydrogen-bond acceptors (Lipinski definition) is 4. The Hall–Kier alpha value is -1.13. The van der Waals surface area contributed by atoms with Gasteiger partial charge >= 0.3 is 0 Å². The predicted octanol–water partition coefficient (Wildman–Crippen LogP) is 2.95. The molecule has 3 rings (SSSR count). The molecular formula is C13H16N2OS. The zero-order chi connectivity index (χ0) is 11.7. The Kier molecular flexibility index (Phi) is 2.99. The van der Waals surface area contributed by atoms with Crippen molar-refractivity contribution < 1.29 is 4.74 Å². The van der Waals surface area contributed by atoms with Crippen LogP contribution in [0.15, 0.2) is 18.2 Å². The summed E-state index contributed by atoms with van der Waals surface area (Å²) in [6.45, 7) is 3.61. The van der Waals surface area contributed by atoms with Crippen LogP contribution in [0.2, 0.25) is 0 Å². The van der Waals surface area contributed by atoms with Crippen LogP contribution >= 0.6 is 11.3 Å². The smallest absolute Gasteiger partial charge is 0.120 e. The second-order valence-electron chi connectivity index (χ2n) is 4.33. The van der Waals surface area contributed by atoms with Crippen LogP contribution < -0.4 is 10.1 Å². The number of fused-ring (bicyclic) bond motifs is 1.